The number of benzene rings is 1. The van der Waals surface area contributed by atoms with Gasteiger partial charge in [-0.1, -0.05) is 0 Å². The first-order chi connectivity index (χ1) is 10.5. The van der Waals surface area contributed by atoms with E-state index in [4.69, 9.17) is 4.74 Å². The van der Waals surface area contributed by atoms with Crippen LogP contribution in [0.15, 0.2) is 18.2 Å². The Hall–Kier alpha value is -1.02. The number of ether oxygens (including phenoxy) is 1. The second-order valence-corrected chi connectivity index (χ2v) is 5.31. The van der Waals surface area contributed by atoms with E-state index in [-0.39, 0.29) is 30.8 Å². The highest BCUT2D eigenvalue weighted by atomic mass is 35.5. The molecule has 4 nitrogen and oxygen atoms in total. The van der Waals surface area contributed by atoms with Crippen molar-refractivity contribution < 1.29 is 23.0 Å². The summed E-state index contributed by atoms with van der Waals surface area (Å²) in [5, 5.41) is 12.5. The van der Waals surface area contributed by atoms with Gasteiger partial charge in [0.25, 0.3) is 0 Å². The highest BCUT2D eigenvalue weighted by molar-refractivity contribution is 5.85. The molecule has 1 fully saturated rings. The monoisotopic (exact) mass is 354 g/mol. The normalized spacial score (nSPS) is 17.4. The molecule has 0 aliphatic carbocycles. The predicted molar refractivity (Wildman–Crippen MR) is 84.1 cm³/mol. The molecular weight excluding hydrogens is 333 g/mol. The lowest BCUT2D eigenvalue weighted by molar-refractivity contribution is -0.137. The Morgan fingerprint density at radius 2 is 1.91 bits per heavy atom. The highest BCUT2D eigenvalue weighted by Crippen LogP contribution is 2.36. The van der Waals surface area contributed by atoms with E-state index in [2.05, 4.69) is 10.2 Å². The van der Waals surface area contributed by atoms with Crippen LogP contribution in [0.3, 0.4) is 0 Å². The quantitative estimate of drug-likeness (QED) is 0.852. The Balaban J connectivity index is 0.00000264. The minimum atomic E-state index is -4.42. The van der Waals surface area contributed by atoms with Crippen LogP contribution in [0.5, 0.6) is 5.75 Å². The van der Waals surface area contributed by atoms with E-state index in [1.165, 1.54) is 7.11 Å². The molecule has 1 heterocycles. The van der Waals surface area contributed by atoms with Crippen LogP contribution in [0.25, 0.3) is 0 Å². The molecule has 23 heavy (non-hydrogen) atoms. The summed E-state index contributed by atoms with van der Waals surface area (Å²) in [5.41, 5.74) is -0.192. The molecule has 1 atom stereocenters. The minimum Gasteiger partial charge on any atom is -0.497 e. The molecule has 1 aliphatic heterocycles. The van der Waals surface area contributed by atoms with E-state index in [0.717, 1.165) is 38.3 Å². The van der Waals surface area contributed by atoms with Gasteiger partial charge in [-0.05, 0) is 30.2 Å². The van der Waals surface area contributed by atoms with Gasteiger partial charge in [-0.15, -0.1) is 12.4 Å². The first-order valence-electron chi connectivity index (χ1n) is 7.27. The smallest absolute Gasteiger partial charge is 0.416 e. The van der Waals surface area contributed by atoms with Gasteiger partial charge >= 0.3 is 6.18 Å². The molecule has 0 amide bonds. The zero-order valence-corrected chi connectivity index (χ0v) is 13.7. The van der Waals surface area contributed by atoms with Crippen molar-refractivity contribution in [2.24, 2.45) is 0 Å². The summed E-state index contributed by atoms with van der Waals surface area (Å²) in [6.45, 7) is 2.98. The van der Waals surface area contributed by atoms with E-state index in [0.29, 0.717) is 12.0 Å². The van der Waals surface area contributed by atoms with Crippen molar-refractivity contribution in [2.45, 2.75) is 18.6 Å². The maximum atomic E-state index is 13.0. The van der Waals surface area contributed by atoms with E-state index < -0.39 is 11.7 Å². The summed E-state index contributed by atoms with van der Waals surface area (Å²) >= 11 is 0. The number of aliphatic hydroxyl groups excluding tert-OH is 1. The van der Waals surface area contributed by atoms with Crippen LogP contribution < -0.4 is 10.1 Å². The lowest BCUT2D eigenvalue weighted by Crippen LogP contribution is -2.45. The largest absolute Gasteiger partial charge is 0.497 e. The maximum absolute atomic E-state index is 13.0. The minimum absolute atomic E-state index is 0. The van der Waals surface area contributed by atoms with Gasteiger partial charge in [0.05, 0.1) is 12.7 Å². The summed E-state index contributed by atoms with van der Waals surface area (Å²) in [4.78, 5) is 2.10. The number of halogens is 4. The Morgan fingerprint density at radius 3 is 2.43 bits per heavy atom. The van der Waals surface area contributed by atoms with Gasteiger partial charge < -0.3 is 15.2 Å². The Morgan fingerprint density at radius 1 is 1.26 bits per heavy atom. The van der Waals surface area contributed by atoms with Crippen LogP contribution in [0, 0.1) is 0 Å². The van der Waals surface area contributed by atoms with Crippen LogP contribution in [0.4, 0.5) is 13.2 Å². The van der Waals surface area contributed by atoms with Crippen molar-refractivity contribution in [1.29, 1.82) is 0 Å². The lowest BCUT2D eigenvalue weighted by Gasteiger charge is -2.35. The number of hydrogen-bond donors (Lipinski definition) is 2. The Labute approximate surface area is 140 Å². The van der Waals surface area contributed by atoms with Crippen molar-refractivity contribution in [3.05, 3.63) is 29.3 Å². The molecule has 8 heteroatoms. The number of methoxy groups -OCH3 is 1. The summed E-state index contributed by atoms with van der Waals surface area (Å²) in [5.74, 6) is 0.183. The number of hydrogen-bond acceptors (Lipinski definition) is 4. The Bertz CT molecular complexity index is 494. The molecule has 1 aromatic rings. The third-order valence-corrected chi connectivity index (χ3v) is 3.87. The van der Waals surface area contributed by atoms with Gasteiger partial charge in [-0.25, -0.2) is 0 Å². The van der Waals surface area contributed by atoms with Gasteiger partial charge in [0.1, 0.15) is 5.75 Å². The molecule has 0 bridgehead atoms. The van der Waals surface area contributed by atoms with Crippen LogP contribution in [0.1, 0.15) is 23.6 Å². The topological polar surface area (TPSA) is 44.7 Å². The third-order valence-electron chi connectivity index (χ3n) is 3.87. The fourth-order valence-electron chi connectivity index (χ4n) is 2.77. The molecule has 1 saturated heterocycles. The molecule has 0 saturated carbocycles. The number of rotatable bonds is 5. The average Bonchev–Trinajstić information content (AvgIpc) is 2.52. The number of aliphatic hydroxyl groups is 1. The van der Waals surface area contributed by atoms with E-state index in [1.54, 1.807) is 6.07 Å². The molecule has 0 spiro atoms. The first kappa shape index (κ1) is 20.0. The standard InChI is InChI=1S/C15H21F3N2O2.ClH/c1-22-13-9-11(8-12(10-13)15(16,17)18)14(2-7-21)20-5-3-19-4-6-20;/h8-10,14,19,21H,2-7H2,1H3;1H/t14-;/m1./s1. The van der Waals surface area contributed by atoms with Crippen molar-refractivity contribution in [3.63, 3.8) is 0 Å². The predicted octanol–water partition coefficient (Wildman–Crippen LogP) is 2.46. The van der Waals surface area contributed by atoms with Gasteiger partial charge in [0.15, 0.2) is 0 Å². The first-order valence-corrected chi connectivity index (χ1v) is 7.27. The molecule has 1 aliphatic rings. The number of piperazine rings is 1. The molecule has 1 aromatic carbocycles. The second-order valence-electron chi connectivity index (χ2n) is 5.31. The summed E-state index contributed by atoms with van der Waals surface area (Å²) in [6.07, 6.45) is -4.03. The van der Waals surface area contributed by atoms with Crippen LogP contribution in [-0.2, 0) is 6.18 Å². The fourth-order valence-corrected chi connectivity index (χ4v) is 2.77. The maximum Gasteiger partial charge on any atom is 0.416 e. The van der Waals surface area contributed by atoms with Crippen molar-refractivity contribution >= 4 is 12.4 Å². The summed E-state index contributed by atoms with van der Waals surface area (Å²) in [6, 6.07) is 3.53. The van der Waals surface area contributed by atoms with Crippen molar-refractivity contribution in [2.75, 3.05) is 39.9 Å². The van der Waals surface area contributed by atoms with E-state index >= 15 is 0 Å². The van der Waals surface area contributed by atoms with Gasteiger partial charge in [-0.3, -0.25) is 4.90 Å². The van der Waals surface area contributed by atoms with Gasteiger partial charge in [0.2, 0.25) is 0 Å². The zero-order chi connectivity index (χ0) is 16.2. The summed E-state index contributed by atoms with van der Waals surface area (Å²) in [7, 11) is 1.35. The van der Waals surface area contributed by atoms with Crippen LogP contribution in [0.2, 0.25) is 0 Å². The molecule has 0 unspecified atom stereocenters. The molecule has 2 N–H and O–H groups in total. The van der Waals surface area contributed by atoms with Gasteiger partial charge in [-0.2, -0.15) is 13.2 Å². The number of alkyl halides is 3. The fraction of sp³-hybridized carbons (Fsp3) is 0.600. The van der Waals surface area contributed by atoms with Crippen molar-refractivity contribution in [1.82, 2.24) is 10.2 Å². The van der Waals surface area contributed by atoms with Crippen LogP contribution >= 0.6 is 12.4 Å². The average molecular weight is 355 g/mol. The highest BCUT2D eigenvalue weighted by Gasteiger charge is 2.33. The van der Waals surface area contributed by atoms with Crippen molar-refractivity contribution in [3.8, 4) is 5.75 Å². The second kappa shape index (κ2) is 8.73. The van der Waals surface area contributed by atoms with E-state index in [1.807, 2.05) is 0 Å². The molecule has 132 valence electrons. The Kier molecular flexibility index (Phi) is 7.60. The summed E-state index contributed by atoms with van der Waals surface area (Å²) < 4.78 is 44.2. The molecule has 2 rings (SSSR count). The number of nitrogens with one attached hydrogen (secondary N) is 1. The lowest BCUT2D eigenvalue weighted by atomic mass is 9.98. The molecule has 0 aromatic heterocycles. The van der Waals surface area contributed by atoms with Crippen LogP contribution in [-0.4, -0.2) is 49.9 Å². The molecular formula is C15H22ClF3N2O2. The van der Waals surface area contributed by atoms with E-state index in [9.17, 15) is 18.3 Å². The third kappa shape index (κ3) is 5.24. The molecule has 0 radical (unpaired) electrons. The SMILES string of the molecule is COc1cc([C@@H](CCO)N2CCNCC2)cc(C(F)(F)F)c1.Cl. The van der Waals surface area contributed by atoms with Gasteiger partial charge in [0, 0.05) is 38.8 Å². The number of nitrogens with zero attached hydrogens (tertiary/aromatic N) is 1. The zero-order valence-electron chi connectivity index (χ0n) is 12.9.